The summed E-state index contributed by atoms with van der Waals surface area (Å²) in [4.78, 5) is 5.19. The molecule has 2 unspecified atom stereocenters. The van der Waals surface area contributed by atoms with Crippen molar-refractivity contribution >= 4 is 0 Å². The summed E-state index contributed by atoms with van der Waals surface area (Å²) < 4.78 is 0. The van der Waals surface area contributed by atoms with Crippen LogP contribution in [0.4, 0.5) is 0 Å². The number of hydrogen-bond donors (Lipinski definition) is 1. The van der Waals surface area contributed by atoms with E-state index >= 15 is 0 Å². The lowest BCUT2D eigenvalue weighted by Gasteiger charge is -2.39. The van der Waals surface area contributed by atoms with E-state index in [4.69, 9.17) is 0 Å². The van der Waals surface area contributed by atoms with Crippen LogP contribution in [0.1, 0.15) is 26.7 Å². The normalized spacial score (nSPS) is 34.1. The van der Waals surface area contributed by atoms with Crippen molar-refractivity contribution in [2.75, 3.05) is 45.8 Å². The number of nitrogens with zero attached hydrogens (tertiary/aromatic N) is 2. The van der Waals surface area contributed by atoms with Gasteiger partial charge in [-0.2, -0.15) is 0 Å². The Morgan fingerprint density at radius 3 is 2.44 bits per heavy atom. The van der Waals surface area contributed by atoms with Crippen molar-refractivity contribution in [1.29, 1.82) is 0 Å². The predicted molar refractivity (Wildman–Crippen MR) is 68.7 cm³/mol. The van der Waals surface area contributed by atoms with E-state index in [9.17, 15) is 0 Å². The Balaban J connectivity index is 1.73. The maximum atomic E-state index is 3.69. The van der Waals surface area contributed by atoms with Crippen molar-refractivity contribution in [2.45, 2.75) is 32.7 Å². The molecule has 0 aromatic carbocycles. The summed E-state index contributed by atoms with van der Waals surface area (Å²) in [7, 11) is 0. The molecule has 0 spiro atoms. The fourth-order valence-electron chi connectivity index (χ4n) is 2.92. The third-order valence-corrected chi connectivity index (χ3v) is 4.30. The van der Waals surface area contributed by atoms with Crippen LogP contribution in [0.15, 0.2) is 0 Å². The first-order valence-electron chi connectivity index (χ1n) is 6.97. The zero-order valence-electron chi connectivity index (χ0n) is 10.9. The number of rotatable bonds is 3. The second kappa shape index (κ2) is 5.99. The summed E-state index contributed by atoms with van der Waals surface area (Å²) in [6.07, 6.45) is 2.77. The highest BCUT2D eigenvalue weighted by molar-refractivity contribution is 4.83. The predicted octanol–water partition coefficient (Wildman–Crippen LogP) is 1.01. The molecule has 2 saturated heterocycles. The third-order valence-electron chi connectivity index (χ3n) is 4.30. The largest absolute Gasteiger partial charge is 0.312 e. The van der Waals surface area contributed by atoms with Crippen LogP contribution in [0, 0.1) is 5.92 Å². The molecule has 2 aliphatic heterocycles. The van der Waals surface area contributed by atoms with Crippen molar-refractivity contribution < 1.29 is 0 Å². The molecule has 0 aromatic rings. The van der Waals surface area contributed by atoms with E-state index in [1.807, 2.05) is 0 Å². The van der Waals surface area contributed by atoms with E-state index in [2.05, 4.69) is 29.0 Å². The van der Waals surface area contributed by atoms with Crippen LogP contribution in [0.3, 0.4) is 0 Å². The van der Waals surface area contributed by atoms with E-state index in [-0.39, 0.29) is 0 Å². The molecule has 3 heteroatoms. The van der Waals surface area contributed by atoms with Gasteiger partial charge in [0.25, 0.3) is 0 Å². The van der Waals surface area contributed by atoms with Gasteiger partial charge in [-0.3, -0.25) is 4.90 Å². The van der Waals surface area contributed by atoms with Crippen LogP contribution < -0.4 is 5.32 Å². The molecule has 0 saturated carbocycles. The summed E-state index contributed by atoms with van der Waals surface area (Å²) in [6.45, 7) is 13.4. The molecular weight excluding hydrogens is 198 g/mol. The molecule has 0 amide bonds. The maximum Gasteiger partial charge on any atom is 0.0220 e. The first kappa shape index (κ1) is 12.3. The summed E-state index contributed by atoms with van der Waals surface area (Å²) in [5.41, 5.74) is 0. The Hall–Kier alpha value is -0.120. The summed E-state index contributed by atoms with van der Waals surface area (Å²) >= 11 is 0. The monoisotopic (exact) mass is 225 g/mol. The van der Waals surface area contributed by atoms with E-state index in [1.54, 1.807) is 0 Å². The second-order valence-electron chi connectivity index (χ2n) is 5.41. The van der Waals surface area contributed by atoms with Gasteiger partial charge in [0, 0.05) is 38.8 Å². The number of hydrogen-bond acceptors (Lipinski definition) is 3. The molecule has 94 valence electrons. The molecule has 2 heterocycles. The molecule has 3 nitrogen and oxygen atoms in total. The van der Waals surface area contributed by atoms with Crippen molar-refractivity contribution in [3.8, 4) is 0 Å². The first-order valence-corrected chi connectivity index (χ1v) is 6.97. The van der Waals surface area contributed by atoms with Gasteiger partial charge in [-0.05, 0) is 31.8 Å². The molecule has 2 fully saturated rings. The van der Waals surface area contributed by atoms with Crippen molar-refractivity contribution in [2.24, 2.45) is 5.92 Å². The number of piperazine rings is 1. The van der Waals surface area contributed by atoms with Crippen LogP contribution in [-0.4, -0.2) is 61.7 Å². The topological polar surface area (TPSA) is 18.5 Å². The number of piperidine rings is 1. The highest BCUT2D eigenvalue weighted by Gasteiger charge is 2.24. The van der Waals surface area contributed by atoms with Gasteiger partial charge in [0.05, 0.1) is 0 Å². The minimum atomic E-state index is 0.738. The smallest absolute Gasteiger partial charge is 0.0220 e. The van der Waals surface area contributed by atoms with Crippen molar-refractivity contribution in [3.63, 3.8) is 0 Å². The third kappa shape index (κ3) is 3.19. The summed E-state index contributed by atoms with van der Waals surface area (Å²) in [5.74, 6) is 0.859. The standard InChI is InChI=1S/C13H27N3/c1-3-15-7-9-16(10-8-15)11-13-12(2)5-4-6-14-13/h12-14H,3-11H2,1-2H3. The number of nitrogens with one attached hydrogen (secondary N) is 1. The van der Waals surface area contributed by atoms with E-state index < -0.39 is 0 Å². The summed E-state index contributed by atoms with van der Waals surface area (Å²) in [5, 5.41) is 3.69. The van der Waals surface area contributed by atoms with Crippen LogP contribution in [-0.2, 0) is 0 Å². The lowest BCUT2D eigenvalue weighted by atomic mass is 9.92. The fraction of sp³-hybridized carbons (Fsp3) is 1.00. The molecule has 16 heavy (non-hydrogen) atoms. The average molecular weight is 225 g/mol. The molecule has 0 aliphatic carbocycles. The Morgan fingerprint density at radius 1 is 1.12 bits per heavy atom. The van der Waals surface area contributed by atoms with Gasteiger partial charge in [0.1, 0.15) is 0 Å². The minimum Gasteiger partial charge on any atom is -0.312 e. The maximum absolute atomic E-state index is 3.69. The highest BCUT2D eigenvalue weighted by Crippen LogP contribution is 2.17. The average Bonchev–Trinajstić information content (AvgIpc) is 2.33. The lowest BCUT2D eigenvalue weighted by Crippen LogP contribution is -2.53. The second-order valence-corrected chi connectivity index (χ2v) is 5.41. The quantitative estimate of drug-likeness (QED) is 0.773. The molecule has 0 aromatic heterocycles. The van der Waals surface area contributed by atoms with E-state index in [1.165, 1.54) is 58.7 Å². The zero-order valence-corrected chi connectivity index (χ0v) is 10.9. The first-order chi connectivity index (χ1) is 7.79. The van der Waals surface area contributed by atoms with Gasteiger partial charge >= 0.3 is 0 Å². The lowest BCUT2D eigenvalue weighted by molar-refractivity contribution is 0.113. The Morgan fingerprint density at radius 2 is 1.81 bits per heavy atom. The van der Waals surface area contributed by atoms with Crippen molar-refractivity contribution in [3.05, 3.63) is 0 Å². The van der Waals surface area contributed by atoms with Gasteiger partial charge in [-0.1, -0.05) is 13.8 Å². The van der Waals surface area contributed by atoms with Gasteiger partial charge in [-0.15, -0.1) is 0 Å². The molecule has 2 aliphatic rings. The molecule has 0 radical (unpaired) electrons. The van der Waals surface area contributed by atoms with Crippen LogP contribution in [0.2, 0.25) is 0 Å². The Labute approximate surface area is 100 Å². The SMILES string of the molecule is CCN1CCN(CC2NCCCC2C)CC1. The zero-order chi connectivity index (χ0) is 11.4. The molecular formula is C13H27N3. The van der Waals surface area contributed by atoms with Gasteiger partial charge in [0.2, 0.25) is 0 Å². The number of likely N-dealkylation sites (N-methyl/N-ethyl adjacent to an activating group) is 1. The Bertz CT molecular complexity index is 199. The highest BCUT2D eigenvalue weighted by atomic mass is 15.3. The van der Waals surface area contributed by atoms with E-state index in [0.717, 1.165) is 12.0 Å². The van der Waals surface area contributed by atoms with Crippen LogP contribution in [0.5, 0.6) is 0 Å². The van der Waals surface area contributed by atoms with Gasteiger partial charge in [-0.25, -0.2) is 0 Å². The molecule has 0 bridgehead atoms. The van der Waals surface area contributed by atoms with Gasteiger partial charge in [0.15, 0.2) is 0 Å². The molecule has 2 rings (SSSR count). The molecule has 2 atom stereocenters. The molecule has 1 N–H and O–H groups in total. The van der Waals surface area contributed by atoms with Crippen LogP contribution >= 0.6 is 0 Å². The van der Waals surface area contributed by atoms with Crippen molar-refractivity contribution in [1.82, 2.24) is 15.1 Å². The fourth-order valence-corrected chi connectivity index (χ4v) is 2.92. The summed E-state index contributed by atoms with van der Waals surface area (Å²) in [6, 6.07) is 0.738. The Kier molecular flexibility index (Phi) is 4.62. The van der Waals surface area contributed by atoms with E-state index in [0.29, 0.717) is 0 Å². The minimum absolute atomic E-state index is 0.738. The van der Waals surface area contributed by atoms with Gasteiger partial charge < -0.3 is 10.2 Å². The van der Waals surface area contributed by atoms with Crippen LogP contribution in [0.25, 0.3) is 0 Å².